The van der Waals surface area contributed by atoms with Gasteiger partial charge in [0.05, 0.1) is 0 Å². The van der Waals surface area contributed by atoms with Crippen LogP contribution in [0.5, 0.6) is 0 Å². The predicted octanol–water partition coefficient (Wildman–Crippen LogP) is 2.28. The first kappa shape index (κ1) is 13.3. The molecule has 0 saturated carbocycles. The second kappa shape index (κ2) is 5.69. The van der Waals surface area contributed by atoms with Gasteiger partial charge in [-0.1, -0.05) is 56.3 Å². The van der Waals surface area contributed by atoms with Gasteiger partial charge in [-0.15, -0.1) is 0 Å². The molecule has 0 bridgehead atoms. The van der Waals surface area contributed by atoms with Crippen LogP contribution < -0.4 is 5.32 Å². The molecule has 1 aliphatic heterocycles. The Balaban J connectivity index is 1.98. The van der Waals surface area contributed by atoms with Crippen molar-refractivity contribution in [3.8, 4) is 0 Å². The second-order valence-corrected chi connectivity index (χ2v) is 4.93. The molecule has 0 aromatic heterocycles. The molecule has 4 nitrogen and oxygen atoms in total. The highest BCUT2D eigenvalue weighted by molar-refractivity contribution is 6.04. The summed E-state index contributed by atoms with van der Waals surface area (Å²) in [6.45, 7) is 4.15. The van der Waals surface area contributed by atoms with Gasteiger partial charge in [0.15, 0.2) is 0 Å². The number of nitrogens with zero attached hydrogens (tertiary/aromatic N) is 1. The van der Waals surface area contributed by atoms with Gasteiger partial charge in [-0.2, -0.15) is 0 Å². The zero-order valence-corrected chi connectivity index (χ0v) is 11.2. The van der Waals surface area contributed by atoms with Crippen LogP contribution in [-0.4, -0.2) is 29.4 Å². The fourth-order valence-corrected chi connectivity index (χ4v) is 2.02. The normalized spacial score (nSPS) is 19.5. The molecule has 1 aromatic carbocycles. The molecule has 3 amide bonds. The number of nitrogens with one attached hydrogen (secondary N) is 1. The van der Waals surface area contributed by atoms with Crippen LogP contribution >= 0.6 is 0 Å². The molecule has 1 aromatic rings. The summed E-state index contributed by atoms with van der Waals surface area (Å²) in [6.07, 6.45) is 3.73. The summed E-state index contributed by atoms with van der Waals surface area (Å²) in [5.41, 5.74) is 1.05. The van der Waals surface area contributed by atoms with E-state index in [0.717, 1.165) is 5.56 Å². The zero-order valence-electron chi connectivity index (χ0n) is 11.2. The third kappa shape index (κ3) is 3.02. The van der Waals surface area contributed by atoms with Crippen LogP contribution in [0.15, 0.2) is 36.4 Å². The van der Waals surface area contributed by atoms with E-state index in [2.05, 4.69) is 5.32 Å². The van der Waals surface area contributed by atoms with Crippen molar-refractivity contribution in [1.29, 1.82) is 0 Å². The number of carbonyl (C=O) groups is 2. The van der Waals surface area contributed by atoms with Gasteiger partial charge in [0.2, 0.25) is 0 Å². The molecule has 1 atom stereocenters. The predicted molar refractivity (Wildman–Crippen MR) is 74.3 cm³/mol. The summed E-state index contributed by atoms with van der Waals surface area (Å²) in [5.74, 6) is -0.0303. The van der Waals surface area contributed by atoms with E-state index in [0.29, 0.717) is 6.54 Å². The molecule has 2 rings (SSSR count). The van der Waals surface area contributed by atoms with Crippen LogP contribution in [0.2, 0.25) is 0 Å². The number of imide groups is 1. The fourth-order valence-electron chi connectivity index (χ4n) is 2.02. The van der Waals surface area contributed by atoms with Crippen molar-refractivity contribution in [2.24, 2.45) is 5.92 Å². The molecule has 0 aliphatic carbocycles. The lowest BCUT2D eigenvalue weighted by Crippen LogP contribution is -2.34. The van der Waals surface area contributed by atoms with Gasteiger partial charge in [-0.25, -0.2) is 4.79 Å². The van der Waals surface area contributed by atoms with Crippen molar-refractivity contribution < 1.29 is 9.59 Å². The molecule has 1 unspecified atom stereocenters. The van der Waals surface area contributed by atoms with Crippen LogP contribution in [-0.2, 0) is 4.79 Å². The summed E-state index contributed by atoms with van der Waals surface area (Å²) in [7, 11) is 0. The van der Waals surface area contributed by atoms with E-state index in [-0.39, 0.29) is 17.9 Å². The molecule has 4 heteroatoms. The first-order chi connectivity index (χ1) is 9.09. The maximum atomic E-state index is 12.0. The summed E-state index contributed by atoms with van der Waals surface area (Å²) in [5, 5.41) is 2.71. The van der Waals surface area contributed by atoms with Crippen molar-refractivity contribution in [2.75, 3.05) is 6.54 Å². The van der Waals surface area contributed by atoms with Gasteiger partial charge < -0.3 is 5.32 Å². The standard InChI is InChI=1S/C15H18N2O2/c1-11(2)13-14(18)17(15(19)16-13)10-6-9-12-7-4-3-5-8-12/h3-9,11,13H,10H2,1-2H3,(H,16,19)/b9-6+. The highest BCUT2D eigenvalue weighted by Crippen LogP contribution is 2.13. The molecular formula is C15H18N2O2. The molecule has 19 heavy (non-hydrogen) atoms. The highest BCUT2D eigenvalue weighted by Gasteiger charge is 2.38. The van der Waals surface area contributed by atoms with Crippen LogP contribution in [0.25, 0.3) is 6.08 Å². The summed E-state index contributed by atoms with van der Waals surface area (Å²) in [4.78, 5) is 25.0. The minimum absolute atomic E-state index is 0.111. The SMILES string of the molecule is CC(C)C1NC(=O)N(C/C=C/c2ccccc2)C1=O. The molecule has 1 N–H and O–H groups in total. The fraction of sp³-hybridized carbons (Fsp3) is 0.333. The Morgan fingerprint density at radius 1 is 1.26 bits per heavy atom. The van der Waals surface area contributed by atoms with Crippen LogP contribution in [0, 0.1) is 5.92 Å². The van der Waals surface area contributed by atoms with E-state index >= 15 is 0 Å². The third-order valence-corrected chi connectivity index (χ3v) is 3.12. The number of urea groups is 1. The first-order valence-electron chi connectivity index (χ1n) is 6.43. The molecular weight excluding hydrogens is 240 g/mol. The van der Waals surface area contributed by atoms with Gasteiger partial charge in [-0.3, -0.25) is 9.69 Å². The van der Waals surface area contributed by atoms with Crippen molar-refractivity contribution in [3.63, 3.8) is 0 Å². The van der Waals surface area contributed by atoms with E-state index in [1.54, 1.807) is 0 Å². The number of amides is 3. The summed E-state index contributed by atoms with van der Waals surface area (Å²) >= 11 is 0. The van der Waals surface area contributed by atoms with Crippen LogP contribution in [0.4, 0.5) is 4.79 Å². The molecule has 0 radical (unpaired) electrons. The monoisotopic (exact) mass is 258 g/mol. The second-order valence-electron chi connectivity index (χ2n) is 4.93. The van der Waals surface area contributed by atoms with Gasteiger partial charge in [0.1, 0.15) is 6.04 Å². The van der Waals surface area contributed by atoms with Crippen LogP contribution in [0.3, 0.4) is 0 Å². The molecule has 1 heterocycles. The molecule has 1 saturated heterocycles. The van der Waals surface area contributed by atoms with E-state index < -0.39 is 6.04 Å². The molecule has 1 aliphatic rings. The number of benzene rings is 1. The van der Waals surface area contributed by atoms with Crippen molar-refractivity contribution >= 4 is 18.0 Å². The molecule has 100 valence electrons. The Labute approximate surface area is 113 Å². The Morgan fingerprint density at radius 2 is 1.95 bits per heavy atom. The Hall–Kier alpha value is -2.10. The number of hydrogen-bond acceptors (Lipinski definition) is 2. The summed E-state index contributed by atoms with van der Waals surface area (Å²) in [6, 6.07) is 9.09. The summed E-state index contributed by atoms with van der Waals surface area (Å²) < 4.78 is 0. The maximum absolute atomic E-state index is 12.0. The number of carbonyl (C=O) groups excluding carboxylic acids is 2. The van der Waals surface area contributed by atoms with E-state index in [1.165, 1.54) is 4.90 Å². The quantitative estimate of drug-likeness (QED) is 0.842. The Bertz CT molecular complexity index is 494. The minimum Gasteiger partial charge on any atom is -0.326 e. The van der Waals surface area contributed by atoms with Crippen molar-refractivity contribution in [3.05, 3.63) is 42.0 Å². The minimum atomic E-state index is -0.391. The largest absolute Gasteiger partial charge is 0.326 e. The van der Waals surface area contributed by atoms with Gasteiger partial charge in [0, 0.05) is 6.54 Å². The smallest absolute Gasteiger partial charge is 0.325 e. The lowest BCUT2D eigenvalue weighted by atomic mass is 10.1. The first-order valence-corrected chi connectivity index (χ1v) is 6.43. The van der Waals surface area contributed by atoms with Gasteiger partial charge in [-0.05, 0) is 11.5 Å². The van der Waals surface area contributed by atoms with Crippen LogP contribution in [0.1, 0.15) is 19.4 Å². The average molecular weight is 258 g/mol. The molecule has 1 fully saturated rings. The lowest BCUT2D eigenvalue weighted by molar-refractivity contribution is -0.127. The lowest BCUT2D eigenvalue weighted by Gasteiger charge is -2.12. The zero-order chi connectivity index (χ0) is 13.8. The molecule has 0 spiro atoms. The van der Waals surface area contributed by atoms with Crippen molar-refractivity contribution in [1.82, 2.24) is 10.2 Å². The van der Waals surface area contributed by atoms with Gasteiger partial charge in [0.25, 0.3) is 5.91 Å². The van der Waals surface area contributed by atoms with E-state index in [9.17, 15) is 9.59 Å². The maximum Gasteiger partial charge on any atom is 0.325 e. The Morgan fingerprint density at radius 3 is 2.53 bits per heavy atom. The third-order valence-electron chi connectivity index (χ3n) is 3.12. The average Bonchev–Trinajstić information content (AvgIpc) is 2.68. The van der Waals surface area contributed by atoms with Gasteiger partial charge >= 0.3 is 6.03 Å². The highest BCUT2D eigenvalue weighted by atomic mass is 16.2. The number of rotatable bonds is 4. The van der Waals surface area contributed by atoms with E-state index in [4.69, 9.17) is 0 Å². The van der Waals surface area contributed by atoms with Crippen molar-refractivity contribution in [2.45, 2.75) is 19.9 Å². The topological polar surface area (TPSA) is 49.4 Å². The van der Waals surface area contributed by atoms with E-state index in [1.807, 2.05) is 56.3 Å². The number of hydrogen-bond donors (Lipinski definition) is 1. The Kier molecular flexibility index (Phi) is 4.00.